The predicted molar refractivity (Wildman–Crippen MR) is 69.8 cm³/mol. The van der Waals surface area contributed by atoms with Crippen molar-refractivity contribution in [3.05, 3.63) is 30.3 Å². The van der Waals surface area contributed by atoms with Crippen molar-refractivity contribution in [1.82, 2.24) is 5.32 Å². The Bertz CT molecular complexity index is 417. The van der Waals surface area contributed by atoms with E-state index >= 15 is 0 Å². The number of nitrogens with one attached hydrogen (secondary N) is 2. The summed E-state index contributed by atoms with van der Waals surface area (Å²) in [6, 6.07) is 9.18. The molecule has 1 rings (SSSR count). The third-order valence-electron chi connectivity index (χ3n) is 2.68. The first-order valence-corrected chi connectivity index (χ1v) is 5.62. The summed E-state index contributed by atoms with van der Waals surface area (Å²) in [6.45, 7) is 6.05. The maximum atomic E-state index is 9.11. The van der Waals surface area contributed by atoms with E-state index in [2.05, 4.69) is 5.32 Å². The first-order chi connectivity index (χ1) is 8.00. The summed E-state index contributed by atoms with van der Waals surface area (Å²) in [5.74, 6) is 0.102. The minimum Gasteiger partial charge on any atom is -0.350 e. The largest absolute Gasteiger partial charge is 0.350 e. The third kappa shape index (κ3) is 3.49. The van der Waals surface area contributed by atoms with Crippen molar-refractivity contribution in [2.45, 2.75) is 32.7 Å². The molecule has 1 aromatic carbocycles. The number of benzene rings is 1. The molecule has 0 heterocycles. The lowest BCUT2D eigenvalue weighted by molar-refractivity contribution is 0.442. The molecule has 0 atom stereocenters. The van der Waals surface area contributed by atoms with E-state index in [1.807, 2.05) is 45.2 Å². The fourth-order valence-corrected chi connectivity index (χ4v) is 1.28. The number of nitriles is 1. The molecular formula is C13H18N4. The average molecular weight is 230 g/mol. The van der Waals surface area contributed by atoms with Gasteiger partial charge in [-0.1, -0.05) is 25.1 Å². The zero-order valence-electron chi connectivity index (χ0n) is 10.5. The number of anilines is 1. The fraction of sp³-hybridized carbons (Fsp3) is 0.385. The average Bonchev–Trinajstić information content (AvgIpc) is 2.31. The number of nitrogens with zero attached hydrogens (tertiary/aromatic N) is 2. The summed E-state index contributed by atoms with van der Waals surface area (Å²) in [4.78, 5) is 1.28. The molecule has 1 aromatic rings. The Morgan fingerprint density at radius 3 is 2.47 bits per heavy atom. The second-order valence-corrected chi connectivity index (χ2v) is 4.48. The van der Waals surface area contributed by atoms with Crippen molar-refractivity contribution < 1.29 is 0 Å². The first-order valence-electron chi connectivity index (χ1n) is 5.62. The van der Waals surface area contributed by atoms with E-state index in [1.54, 1.807) is 12.1 Å². The quantitative estimate of drug-likeness (QED) is 0.363. The summed E-state index contributed by atoms with van der Waals surface area (Å²) in [5.41, 5.74) is 0.500. The normalized spacial score (nSPS) is 10.5. The maximum Gasteiger partial charge on any atom is 0.209 e. The highest BCUT2D eigenvalue weighted by Gasteiger charge is 2.20. The van der Waals surface area contributed by atoms with Gasteiger partial charge >= 0.3 is 0 Å². The van der Waals surface area contributed by atoms with E-state index in [4.69, 9.17) is 10.7 Å². The van der Waals surface area contributed by atoms with Crippen LogP contribution >= 0.6 is 0 Å². The molecule has 0 bridgehead atoms. The zero-order chi connectivity index (χ0) is 12.9. The summed E-state index contributed by atoms with van der Waals surface area (Å²) in [7, 11) is 0. The van der Waals surface area contributed by atoms with Crippen LogP contribution in [-0.2, 0) is 0 Å². The van der Waals surface area contributed by atoms with Gasteiger partial charge in [0.15, 0.2) is 6.19 Å². The minimum absolute atomic E-state index is 0.102. The van der Waals surface area contributed by atoms with Gasteiger partial charge in [-0.05, 0) is 32.4 Å². The van der Waals surface area contributed by atoms with Crippen LogP contribution in [0.5, 0.6) is 0 Å². The Labute approximate surface area is 102 Å². The molecule has 0 saturated heterocycles. The number of guanidine groups is 1. The van der Waals surface area contributed by atoms with Crippen LogP contribution < -0.4 is 10.2 Å². The lowest BCUT2D eigenvalue weighted by Crippen LogP contribution is -2.49. The monoisotopic (exact) mass is 230 g/mol. The molecule has 90 valence electrons. The first kappa shape index (κ1) is 13.0. The van der Waals surface area contributed by atoms with Crippen LogP contribution in [0, 0.1) is 16.9 Å². The van der Waals surface area contributed by atoms with Crippen LogP contribution in [0.15, 0.2) is 30.3 Å². The molecule has 4 heteroatoms. The number of rotatable bonds is 3. The van der Waals surface area contributed by atoms with Gasteiger partial charge in [-0.25, -0.2) is 4.90 Å². The van der Waals surface area contributed by atoms with Gasteiger partial charge in [-0.3, -0.25) is 5.41 Å². The van der Waals surface area contributed by atoms with Crippen LogP contribution in [0.2, 0.25) is 0 Å². The Hall–Kier alpha value is -2.02. The van der Waals surface area contributed by atoms with Crippen molar-refractivity contribution in [3.63, 3.8) is 0 Å². The topological polar surface area (TPSA) is 62.9 Å². The number of para-hydroxylation sites is 1. The van der Waals surface area contributed by atoms with Gasteiger partial charge < -0.3 is 5.32 Å². The summed E-state index contributed by atoms with van der Waals surface area (Å²) in [5, 5.41) is 20.1. The van der Waals surface area contributed by atoms with Crippen molar-refractivity contribution >= 4 is 11.6 Å². The second kappa shape index (κ2) is 5.35. The fourth-order valence-electron chi connectivity index (χ4n) is 1.28. The van der Waals surface area contributed by atoms with Gasteiger partial charge in [0.2, 0.25) is 5.96 Å². The molecular weight excluding hydrogens is 212 g/mol. The molecule has 0 unspecified atom stereocenters. The van der Waals surface area contributed by atoms with E-state index < -0.39 is 0 Å². The highest BCUT2D eigenvalue weighted by molar-refractivity contribution is 5.96. The third-order valence-corrected chi connectivity index (χ3v) is 2.68. The summed E-state index contributed by atoms with van der Waals surface area (Å²) < 4.78 is 0. The SMILES string of the molecule is CCC(C)(C)NC(=N)N(C#N)c1ccccc1. The van der Waals surface area contributed by atoms with E-state index in [0.29, 0.717) is 5.69 Å². The summed E-state index contributed by atoms with van der Waals surface area (Å²) >= 11 is 0. The molecule has 0 aromatic heterocycles. The Balaban J connectivity index is 2.84. The minimum atomic E-state index is -0.193. The van der Waals surface area contributed by atoms with Crippen molar-refractivity contribution in [3.8, 4) is 6.19 Å². The smallest absolute Gasteiger partial charge is 0.209 e. The molecule has 0 aliphatic rings. The second-order valence-electron chi connectivity index (χ2n) is 4.48. The molecule has 4 nitrogen and oxygen atoms in total. The molecule has 0 spiro atoms. The molecule has 0 radical (unpaired) electrons. The summed E-state index contributed by atoms with van der Waals surface area (Å²) in [6.07, 6.45) is 2.89. The molecule has 0 saturated carbocycles. The Morgan fingerprint density at radius 2 is 2.00 bits per heavy atom. The van der Waals surface area contributed by atoms with Crippen LogP contribution in [0.4, 0.5) is 5.69 Å². The van der Waals surface area contributed by atoms with Crippen molar-refractivity contribution in [2.24, 2.45) is 0 Å². The van der Waals surface area contributed by atoms with Crippen LogP contribution in [0.3, 0.4) is 0 Å². The molecule has 2 N–H and O–H groups in total. The zero-order valence-corrected chi connectivity index (χ0v) is 10.5. The van der Waals surface area contributed by atoms with E-state index in [9.17, 15) is 0 Å². The molecule has 0 fully saturated rings. The van der Waals surface area contributed by atoms with E-state index in [-0.39, 0.29) is 11.5 Å². The van der Waals surface area contributed by atoms with E-state index in [0.717, 1.165) is 6.42 Å². The van der Waals surface area contributed by atoms with Crippen molar-refractivity contribution in [2.75, 3.05) is 4.90 Å². The number of hydrogen-bond acceptors (Lipinski definition) is 2. The van der Waals surface area contributed by atoms with Gasteiger partial charge in [-0.15, -0.1) is 0 Å². The van der Waals surface area contributed by atoms with Gasteiger partial charge in [0, 0.05) is 5.54 Å². The lowest BCUT2D eigenvalue weighted by atomic mass is 10.0. The van der Waals surface area contributed by atoms with Gasteiger partial charge in [0.05, 0.1) is 5.69 Å². The highest BCUT2D eigenvalue weighted by atomic mass is 15.3. The molecule has 0 aliphatic heterocycles. The van der Waals surface area contributed by atoms with E-state index in [1.165, 1.54) is 4.90 Å². The van der Waals surface area contributed by atoms with Gasteiger partial charge in [0.1, 0.15) is 0 Å². The van der Waals surface area contributed by atoms with Crippen LogP contribution in [0.25, 0.3) is 0 Å². The standard InChI is InChI=1S/C13H18N4/c1-4-13(2,3)16-12(15)17(10-14)11-8-6-5-7-9-11/h5-9H,4H2,1-3H3,(H2,15,16). The van der Waals surface area contributed by atoms with Gasteiger partial charge in [-0.2, -0.15) is 5.26 Å². The van der Waals surface area contributed by atoms with Crippen LogP contribution in [0.1, 0.15) is 27.2 Å². The molecule has 0 amide bonds. The predicted octanol–water partition coefficient (Wildman–Crippen LogP) is 2.69. The van der Waals surface area contributed by atoms with Crippen molar-refractivity contribution in [1.29, 1.82) is 10.7 Å². The Kier molecular flexibility index (Phi) is 4.11. The maximum absolute atomic E-state index is 9.11. The lowest BCUT2D eigenvalue weighted by Gasteiger charge is -2.28. The Morgan fingerprint density at radius 1 is 1.41 bits per heavy atom. The van der Waals surface area contributed by atoms with Gasteiger partial charge in [0.25, 0.3) is 0 Å². The number of hydrogen-bond donors (Lipinski definition) is 2. The van der Waals surface area contributed by atoms with Crippen LogP contribution in [-0.4, -0.2) is 11.5 Å². The highest BCUT2D eigenvalue weighted by Crippen LogP contribution is 2.14. The molecule has 0 aliphatic carbocycles. The molecule has 17 heavy (non-hydrogen) atoms.